The summed E-state index contributed by atoms with van der Waals surface area (Å²) >= 11 is 0. The molecular formula is C18H22F2N4O. The van der Waals surface area contributed by atoms with Crippen LogP contribution in [-0.2, 0) is 13.6 Å². The number of aromatic nitrogens is 2. The second-order valence-electron chi connectivity index (χ2n) is 6.54. The van der Waals surface area contributed by atoms with Crippen LogP contribution in [0.5, 0.6) is 0 Å². The van der Waals surface area contributed by atoms with Crippen LogP contribution in [0.25, 0.3) is 0 Å². The Balaban J connectivity index is 1.63. The molecule has 5 nitrogen and oxygen atoms in total. The number of nitrogens with zero attached hydrogens (tertiary/aromatic N) is 3. The van der Waals surface area contributed by atoms with E-state index in [1.165, 1.54) is 18.2 Å². The minimum Gasteiger partial charge on any atom is -0.347 e. The van der Waals surface area contributed by atoms with Crippen LogP contribution < -0.4 is 5.32 Å². The van der Waals surface area contributed by atoms with Crippen LogP contribution in [0.15, 0.2) is 24.3 Å². The summed E-state index contributed by atoms with van der Waals surface area (Å²) in [5.41, 5.74) is 1.37. The van der Waals surface area contributed by atoms with Gasteiger partial charge in [0.15, 0.2) is 0 Å². The minimum atomic E-state index is -0.531. The van der Waals surface area contributed by atoms with E-state index >= 15 is 0 Å². The first kappa shape index (κ1) is 17.5. The molecule has 1 aliphatic heterocycles. The number of benzene rings is 1. The number of halogens is 2. The predicted octanol–water partition coefficient (Wildman–Crippen LogP) is 2.40. The zero-order chi connectivity index (χ0) is 18.0. The normalized spacial score (nSPS) is 18.3. The fourth-order valence-corrected chi connectivity index (χ4v) is 3.31. The molecule has 0 bridgehead atoms. The van der Waals surface area contributed by atoms with E-state index in [4.69, 9.17) is 0 Å². The van der Waals surface area contributed by atoms with Gasteiger partial charge in [0, 0.05) is 31.7 Å². The van der Waals surface area contributed by atoms with Crippen molar-refractivity contribution >= 4 is 5.91 Å². The second kappa shape index (κ2) is 7.31. The first-order chi connectivity index (χ1) is 11.9. The van der Waals surface area contributed by atoms with Crippen LogP contribution in [0.3, 0.4) is 0 Å². The fraction of sp³-hybridized carbons (Fsp3) is 0.444. The van der Waals surface area contributed by atoms with Crippen LogP contribution in [0, 0.1) is 18.6 Å². The molecule has 0 spiro atoms. The van der Waals surface area contributed by atoms with Gasteiger partial charge in [0.2, 0.25) is 0 Å². The Kier molecular flexibility index (Phi) is 5.13. The van der Waals surface area contributed by atoms with Gasteiger partial charge in [0.25, 0.3) is 5.91 Å². The van der Waals surface area contributed by atoms with Crippen molar-refractivity contribution in [2.75, 3.05) is 13.1 Å². The number of piperidine rings is 1. The Morgan fingerprint density at radius 3 is 2.72 bits per heavy atom. The molecule has 1 saturated heterocycles. The first-order valence-corrected chi connectivity index (χ1v) is 8.41. The average Bonchev–Trinajstić information content (AvgIpc) is 2.90. The number of rotatable bonds is 4. The maximum absolute atomic E-state index is 13.8. The number of likely N-dealkylation sites (tertiary alicyclic amines) is 1. The lowest BCUT2D eigenvalue weighted by molar-refractivity contribution is 0.0890. The maximum atomic E-state index is 13.8. The summed E-state index contributed by atoms with van der Waals surface area (Å²) in [6.07, 6.45) is 1.71. The quantitative estimate of drug-likeness (QED) is 0.923. The van der Waals surface area contributed by atoms with E-state index < -0.39 is 11.6 Å². The molecule has 1 aliphatic rings. The van der Waals surface area contributed by atoms with E-state index in [0.29, 0.717) is 12.2 Å². The Labute approximate surface area is 145 Å². The van der Waals surface area contributed by atoms with Crippen LogP contribution in [0.2, 0.25) is 0 Å². The highest BCUT2D eigenvalue weighted by Gasteiger charge is 2.24. The monoisotopic (exact) mass is 348 g/mol. The molecule has 1 atom stereocenters. The van der Waals surface area contributed by atoms with Crippen LogP contribution in [0.1, 0.15) is 34.6 Å². The summed E-state index contributed by atoms with van der Waals surface area (Å²) in [6, 6.07) is 5.60. The highest BCUT2D eigenvalue weighted by molar-refractivity contribution is 5.92. The maximum Gasteiger partial charge on any atom is 0.269 e. The van der Waals surface area contributed by atoms with Gasteiger partial charge in [-0.1, -0.05) is 6.07 Å². The number of nitrogens with one attached hydrogen (secondary N) is 1. The number of aryl methyl sites for hydroxylation is 2. The van der Waals surface area contributed by atoms with E-state index in [2.05, 4.69) is 10.4 Å². The van der Waals surface area contributed by atoms with Crippen molar-refractivity contribution in [2.45, 2.75) is 32.4 Å². The van der Waals surface area contributed by atoms with E-state index in [-0.39, 0.29) is 24.1 Å². The van der Waals surface area contributed by atoms with Crippen LogP contribution in [0.4, 0.5) is 8.78 Å². The summed E-state index contributed by atoms with van der Waals surface area (Å²) in [6.45, 7) is 3.36. The third-order valence-electron chi connectivity index (χ3n) is 4.52. The van der Waals surface area contributed by atoms with Crippen LogP contribution in [-0.4, -0.2) is 39.7 Å². The topological polar surface area (TPSA) is 50.2 Å². The summed E-state index contributed by atoms with van der Waals surface area (Å²) in [5, 5.41) is 7.18. The minimum absolute atomic E-state index is 0.0497. The van der Waals surface area contributed by atoms with E-state index in [1.807, 2.05) is 11.8 Å². The molecule has 0 radical (unpaired) electrons. The second-order valence-corrected chi connectivity index (χ2v) is 6.54. The van der Waals surface area contributed by atoms with Crippen molar-refractivity contribution in [1.29, 1.82) is 0 Å². The lowest BCUT2D eigenvalue weighted by Gasteiger charge is -2.33. The highest BCUT2D eigenvalue weighted by atomic mass is 19.1. The average molecular weight is 348 g/mol. The van der Waals surface area contributed by atoms with Crippen molar-refractivity contribution in [3.8, 4) is 0 Å². The number of amides is 1. The van der Waals surface area contributed by atoms with Crippen molar-refractivity contribution in [3.05, 3.63) is 52.9 Å². The number of carbonyl (C=O) groups excluding carboxylic acids is 1. The summed E-state index contributed by atoms with van der Waals surface area (Å²) in [7, 11) is 1.73. The molecule has 0 saturated carbocycles. The fourth-order valence-electron chi connectivity index (χ4n) is 3.31. The van der Waals surface area contributed by atoms with Crippen LogP contribution >= 0.6 is 0 Å². The number of hydrogen-bond donors (Lipinski definition) is 1. The molecule has 0 unspecified atom stereocenters. The summed E-state index contributed by atoms with van der Waals surface area (Å²) in [5.74, 6) is -1.24. The van der Waals surface area contributed by atoms with E-state index in [9.17, 15) is 13.6 Å². The lowest BCUT2D eigenvalue weighted by atomic mass is 10.0. The molecule has 3 rings (SSSR count). The van der Waals surface area contributed by atoms with Gasteiger partial charge < -0.3 is 5.32 Å². The largest absolute Gasteiger partial charge is 0.347 e. The molecule has 2 heterocycles. The molecule has 1 aromatic carbocycles. The van der Waals surface area contributed by atoms with Gasteiger partial charge in [-0.25, -0.2) is 8.78 Å². The number of carbonyl (C=O) groups is 1. The van der Waals surface area contributed by atoms with Crippen molar-refractivity contribution in [2.24, 2.45) is 7.05 Å². The van der Waals surface area contributed by atoms with Gasteiger partial charge in [-0.3, -0.25) is 14.4 Å². The van der Waals surface area contributed by atoms with Gasteiger partial charge >= 0.3 is 0 Å². The van der Waals surface area contributed by atoms with Gasteiger partial charge in [-0.2, -0.15) is 5.10 Å². The Morgan fingerprint density at radius 1 is 1.36 bits per heavy atom. The van der Waals surface area contributed by atoms with Gasteiger partial charge in [-0.05, 0) is 44.5 Å². The summed E-state index contributed by atoms with van der Waals surface area (Å²) < 4.78 is 29.2. The lowest BCUT2D eigenvalue weighted by Crippen LogP contribution is -2.47. The molecule has 134 valence electrons. The molecule has 7 heteroatoms. The zero-order valence-corrected chi connectivity index (χ0v) is 14.4. The molecular weight excluding hydrogens is 326 g/mol. The molecule has 0 aliphatic carbocycles. The van der Waals surface area contributed by atoms with E-state index in [1.54, 1.807) is 17.8 Å². The zero-order valence-electron chi connectivity index (χ0n) is 14.4. The van der Waals surface area contributed by atoms with E-state index in [0.717, 1.165) is 25.1 Å². The smallest absolute Gasteiger partial charge is 0.269 e. The molecule has 1 N–H and O–H groups in total. The predicted molar refractivity (Wildman–Crippen MR) is 90.1 cm³/mol. The number of hydrogen-bond acceptors (Lipinski definition) is 3. The highest BCUT2D eigenvalue weighted by Crippen LogP contribution is 2.18. The van der Waals surface area contributed by atoms with Gasteiger partial charge in [-0.15, -0.1) is 0 Å². The van der Waals surface area contributed by atoms with Gasteiger partial charge in [0.1, 0.15) is 17.3 Å². The standard InChI is InChI=1S/C18H22F2N4O/c1-12-9-17(23(2)22-12)18(25)21-13-5-4-8-24(10-13)11-14-15(19)6-3-7-16(14)20/h3,6-7,9,13H,4-5,8,10-11H2,1-2H3,(H,21,25)/t13-/m1/s1. The Morgan fingerprint density at radius 2 is 2.08 bits per heavy atom. The first-order valence-electron chi connectivity index (χ1n) is 8.41. The summed E-state index contributed by atoms with van der Waals surface area (Å²) in [4.78, 5) is 14.4. The third kappa shape index (κ3) is 4.04. The Hall–Kier alpha value is -2.28. The molecule has 1 aromatic heterocycles. The molecule has 2 aromatic rings. The Bertz CT molecular complexity index is 754. The molecule has 25 heavy (non-hydrogen) atoms. The third-order valence-corrected chi connectivity index (χ3v) is 4.52. The van der Waals surface area contributed by atoms with Gasteiger partial charge in [0.05, 0.1) is 5.69 Å². The van der Waals surface area contributed by atoms with Crippen molar-refractivity contribution in [3.63, 3.8) is 0 Å². The molecule has 1 fully saturated rings. The van der Waals surface area contributed by atoms with Crippen molar-refractivity contribution < 1.29 is 13.6 Å². The SMILES string of the molecule is Cc1cc(C(=O)N[C@@H]2CCCN(Cc3c(F)cccc3F)C2)n(C)n1. The van der Waals surface area contributed by atoms with Crippen molar-refractivity contribution in [1.82, 2.24) is 20.0 Å². The molecule has 1 amide bonds.